The van der Waals surface area contributed by atoms with Crippen LogP contribution in [-0.2, 0) is 11.0 Å². The summed E-state index contributed by atoms with van der Waals surface area (Å²) in [5.74, 6) is 0.689. The van der Waals surface area contributed by atoms with Gasteiger partial charge in [-0.2, -0.15) is 5.26 Å². The maximum Gasteiger partial charge on any atom is 0.192 e. The van der Waals surface area contributed by atoms with Crippen LogP contribution in [0.15, 0.2) is 42.9 Å². The quantitative estimate of drug-likeness (QED) is 0.623. The van der Waals surface area contributed by atoms with E-state index in [9.17, 15) is 0 Å². The largest absolute Gasteiger partial charge is 0.413 e. The maximum absolute atomic E-state index is 9.07. The van der Waals surface area contributed by atoms with Crippen LogP contribution in [0.2, 0.25) is 18.1 Å². The topological polar surface area (TPSA) is 63.7 Å². The van der Waals surface area contributed by atoms with Crippen molar-refractivity contribution in [1.29, 1.82) is 5.26 Å². The second-order valence-electron chi connectivity index (χ2n) is 7.96. The standard InChI is InChI=1S/C20H24N4OSi/c1-20(2,3)26(4,5)25-13-15-7-6-8-18-17(15)9-10-24(18)19-11-16(12-21)22-14-23-19/h6-11,14H,13H2,1-5H3. The summed E-state index contributed by atoms with van der Waals surface area (Å²) in [6, 6.07) is 12.0. The fourth-order valence-electron chi connectivity index (χ4n) is 2.57. The van der Waals surface area contributed by atoms with Crippen LogP contribution in [0.1, 0.15) is 32.0 Å². The van der Waals surface area contributed by atoms with Gasteiger partial charge in [0.25, 0.3) is 0 Å². The summed E-state index contributed by atoms with van der Waals surface area (Å²) < 4.78 is 8.38. The Balaban J connectivity index is 1.96. The molecule has 0 aliphatic heterocycles. The van der Waals surface area contributed by atoms with Crippen molar-refractivity contribution in [1.82, 2.24) is 14.5 Å². The van der Waals surface area contributed by atoms with Crippen LogP contribution in [0.4, 0.5) is 0 Å². The fourth-order valence-corrected chi connectivity index (χ4v) is 3.52. The maximum atomic E-state index is 9.07. The molecule has 0 unspecified atom stereocenters. The summed E-state index contributed by atoms with van der Waals surface area (Å²) in [4.78, 5) is 8.25. The van der Waals surface area contributed by atoms with Crippen molar-refractivity contribution in [2.75, 3.05) is 0 Å². The molecule has 0 fully saturated rings. The Hall–Kier alpha value is -2.49. The van der Waals surface area contributed by atoms with Gasteiger partial charge in [0.05, 0.1) is 12.1 Å². The minimum atomic E-state index is -1.81. The van der Waals surface area contributed by atoms with Gasteiger partial charge in [-0.25, -0.2) is 9.97 Å². The van der Waals surface area contributed by atoms with Crippen molar-refractivity contribution in [3.63, 3.8) is 0 Å². The highest BCUT2D eigenvalue weighted by molar-refractivity contribution is 6.74. The van der Waals surface area contributed by atoms with Crippen LogP contribution >= 0.6 is 0 Å². The number of fused-ring (bicyclic) bond motifs is 1. The molecule has 1 aromatic carbocycles. The Morgan fingerprint density at radius 2 is 1.96 bits per heavy atom. The van der Waals surface area contributed by atoms with E-state index in [4.69, 9.17) is 9.69 Å². The Morgan fingerprint density at radius 3 is 2.65 bits per heavy atom. The molecule has 2 aromatic heterocycles. The predicted octanol–water partition coefficient (Wildman–Crippen LogP) is 4.81. The van der Waals surface area contributed by atoms with E-state index in [2.05, 4.69) is 68.1 Å². The fraction of sp³-hybridized carbons (Fsp3) is 0.350. The molecule has 5 nitrogen and oxygen atoms in total. The molecule has 134 valence electrons. The first-order chi connectivity index (χ1) is 12.2. The number of nitrogens with zero attached hydrogens (tertiary/aromatic N) is 4. The molecule has 0 N–H and O–H groups in total. The molecule has 0 atom stereocenters. The molecule has 3 rings (SSSR count). The van der Waals surface area contributed by atoms with Crippen molar-refractivity contribution in [2.24, 2.45) is 0 Å². The molecule has 0 aliphatic carbocycles. The SMILES string of the molecule is CC(C)(C)[Si](C)(C)OCc1cccc2c1ccn2-c1cc(C#N)ncn1. The van der Waals surface area contributed by atoms with Crippen molar-refractivity contribution in [3.8, 4) is 11.9 Å². The van der Waals surface area contributed by atoms with Gasteiger partial charge in [-0.05, 0) is 35.8 Å². The number of hydrogen-bond acceptors (Lipinski definition) is 4. The highest BCUT2D eigenvalue weighted by Gasteiger charge is 2.37. The van der Waals surface area contributed by atoms with Crippen LogP contribution in [-0.4, -0.2) is 22.9 Å². The van der Waals surface area contributed by atoms with Crippen molar-refractivity contribution >= 4 is 19.2 Å². The van der Waals surface area contributed by atoms with Gasteiger partial charge in [-0.1, -0.05) is 32.9 Å². The molecule has 0 radical (unpaired) electrons. The third kappa shape index (κ3) is 3.41. The third-order valence-electron chi connectivity index (χ3n) is 5.23. The Bertz CT molecular complexity index is 979. The summed E-state index contributed by atoms with van der Waals surface area (Å²) in [6.45, 7) is 11.9. The molecule has 0 aliphatic rings. The first-order valence-electron chi connectivity index (χ1n) is 8.68. The van der Waals surface area contributed by atoms with E-state index in [1.165, 1.54) is 11.9 Å². The van der Waals surface area contributed by atoms with E-state index in [1.54, 1.807) is 6.07 Å². The van der Waals surface area contributed by atoms with Crippen LogP contribution in [0, 0.1) is 11.3 Å². The van der Waals surface area contributed by atoms with Crippen molar-refractivity contribution in [2.45, 2.75) is 45.5 Å². The van der Waals surface area contributed by atoms with Gasteiger partial charge in [-0.3, -0.25) is 0 Å². The van der Waals surface area contributed by atoms with E-state index < -0.39 is 8.32 Å². The Morgan fingerprint density at radius 1 is 1.19 bits per heavy atom. The number of rotatable bonds is 4. The van der Waals surface area contributed by atoms with E-state index in [1.807, 2.05) is 16.8 Å². The number of benzene rings is 1. The predicted molar refractivity (Wildman–Crippen MR) is 106 cm³/mol. The highest BCUT2D eigenvalue weighted by Crippen LogP contribution is 2.37. The normalized spacial score (nSPS) is 12.3. The second-order valence-corrected chi connectivity index (χ2v) is 12.8. The van der Waals surface area contributed by atoms with E-state index in [-0.39, 0.29) is 5.04 Å². The van der Waals surface area contributed by atoms with Gasteiger partial charge in [0.15, 0.2) is 8.32 Å². The van der Waals surface area contributed by atoms with Gasteiger partial charge < -0.3 is 8.99 Å². The van der Waals surface area contributed by atoms with Crippen molar-refractivity contribution < 1.29 is 4.43 Å². The zero-order valence-corrected chi connectivity index (χ0v) is 16.9. The average molecular weight is 365 g/mol. The molecule has 6 heteroatoms. The van der Waals surface area contributed by atoms with Gasteiger partial charge in [0.2, 0.25) is 0 Å². The van der Waals surface area contributed by atoms with Gasteiger partial charge in [0, 0.05) is 17.6 Å². The lowest BCUT2D eigenvalue weighted by Gasteiger charge is -2.36. The molecular weight excluding hydrogens is 340 g/mol. The Kier molecular flexibility index (Phi) is 4.70. The summed E-state index contributed by atoms with van der Waals surface area (Å²) in [7, 11) is -1.81. The molecule has 3 aromatic rings. The molecule has 0 saturated carbocycles. The molecule has 0 bridgehead atoms. The number of aromatic nitrogens is 3. The van der Waals surface area contributed by atoms with Crippen LogP contribution in [0.3, 0.4) is 0 Å². The minimum Gasteiger partial charge on any atom is -0.413 e. The molecule has 26 heavy (non-hydrogen) atoms. The first-order valence-corrected chi connectivity index (χ1v) is 11.6. The minimum absolute atomic E-state index is 0.182. The van der Waals surface area contributed by atoms with Gasteiger partial charge >= 0.3 is 0 Å². The zero-order valence-electron chi connectivity index (χ0n) is 15.9. The molecule has 0 amide bonds. The van der Waals surface area contributed by atoms with Crippen LogP contribution < -0.4 is 0 Å². The van der Waals surface area contributed by atoms with E-state index in [0.29, 0.717) is 18.1 Å². The van der Waals surface area contributed by atoms with E-state index in [0.717, 1.165) is 10.9 Å². The number of hydrogen-bond donors (Lipinski definition) is 0. The lowest BCUT2D eigenvalue weighted by atomic mass is 10.1. The van der Waals surface area contributed by atoms with Crippen molar-refractivity contribution in [3.05, 3.63) is 54.1 Å². The molecule has 2 heterocycles. The van der Waals surface area contributed by atoms with E-state index >= 15 is 0 Å². The lowest BCUT2D eigenvalue weighted by Crippen LogP contribution is -2.40. The van der Waals surface area contributed by atoms with Gasteiger partial charge in [0.1, 0.15) is 23.9 Å². The van der Waals surface area contributed by atoms with Crippen LogP contribution in [0.25, 0.3) is 16.7 Å². The molecule has 0 spiro atoms. The third-order valence-corrected chi connectivity index (χ3v) is 9.71. The van der Waals surface area contributed by atoms with Crippen LogP contribution in [0.5, 0.6) is 0 Å². The van der Waals surface area contributed by atoms with Gasteiger partial charge in [-0.15, -0.1) is 0 Å². The molecular formula is C20H24N4OSi. The number of nitriles is 1. The summed E-state index contributed by atoms with van der Waals surface area (Å²) in [5, 5.41) is 10.4. The smallest absolute Gasteiger partial charge is 0.192 e. The second kappa shape index (κ2) is 6.67. The summed E-state index contributed by atoms with van der Waals surface area (Å²) in [5.41, 5.74) is 2.57. The Labute approximate surface area is 155 Å². The highest BCUT2D eigenvalue weighted by atomic mass is 28.4. The summed E-state index contributed by atoms with van der Waals surface area (Å²) in [6.07, 6.45) is 3.40. The average Bonchev–Trinajstić information content (AvgIpc) is 3.03. The molecule has 0 saturated heterocycles. The first kappa shape index (κ1) is 18.3. The monoisotopic (exact) mass is 364 g/mol. The summed E-state index contributed by atoms with van der Waals surface area (Å²) >= 11 is 0. The zero-order chi connectivity index (χ0) is 18.9. The lowest BCUT2D eigenvalue weighted by molar-refractivity contribution is 0.277.